The summed E-state index contributed by atoms with van der Waals surface area (Å²) < 4.78 is 5.10. The van der Waals surface area contributed by atoms with Gasteiger partial charge in [0, 0.05) is 0 Å². The van der Waals surface area contributed by atoms with Gasteiger partial charge in [0.1, 0.15) is 17.4 Å². The topological polar surface area (TPSA) is 55.5 Å². The lowest BCUT2D eigenvalue weighted by Gasteiger charge is -2.08. The van der Waals surface area contributed by atoms with E-state index in [1.54, 1.807) is 12.1 Å². The molecule has 0 saturated carbocycles. The maximum atomic E-state index is 8.52. The molecule has 0 aromatic heterocycles. The van der Waals surface area contributed by atoms with E-state index in [0.717, 1.165) is 0 Å². The van der Waals surface area contributed by atoms with Crippen LogP contribution in [0.3, 0.4) is 0 Å². The van der Waals surface area contributed by atoms with Crippen molar-refractivity contribution in [1.29, 1.82) is 0 Å². The van der Waals surface area contributed by atoms with Crippen LogP contribution in [0.1, 0.15) is 0 Å². The van der Waals surface area contributed by atoms with Gasteiger partial charge in [0.15, 0.2) is 0 Å². The molecule has 0 fully saturated rings. The van der Waals surface area contributed by atoms with Gasteiger partial charge in [-0.25, -0.2) is 0 Å². The molecule has 0 aliphatic rings. The first kappa shape index (κ1) is 10.4. The fourth-order valence-corrected chi connectivity index (χ4v) is 1.20. The number of aliphatic hydroxyl groups is 1. The van der Waals surface area contributed by atoms with Crippen LogP contribution in [-0.4, -0.2) is 18.3 Å². The standard InChI is InChI=1S/C8H9Cl2NO2/c9-7-5(11)1-2-6(8(7)10)13-4-3-12/h1-2,12H,3-4,11H2. The predicted octanol–water partition coefficient (Wildman–Crippen LogP) is 1.95. The van der Waals surface area contributed by atoms with Gasteiger partial charge < -0.3 is 15.6 Å². The van der Waals surface area contributed by atoms with Crippen molar-refractivity contribution in [3.05, 3.63) is 22.2 Å². The fourth-order valence-electron chi connectivity index (χ4n) is 0.814. The Morgan fingerprint density at radius 2 is 2.00 bits per heavy atom. The van der Waals surface area contributed by atoms with E-state index < -0.39 is 0 Å². The molecule has 0 saturated heterocycles. The predicted molar refractivity (Wildman–Crippen MR) is 53.5 cm³/mol. The van der Waals surface area contributed by atoms with Crippen molar-refractivity contribution < 1.29 is 9.84 Å². The number of anilines is 1. The highest BCUT2D eigenvalue weighted by Crippen LogP contribution is 2.35. The number of nitrogen functional groups attached to an aromatic ring is 1. The van der Waals surface area contributed by atoms with Crippen LogP contribution < -0.4 is 10.5 Å². The van der Waals surface area contributed by atoms with Crippen LogP contribution in [-0.2, 0) is 0 Å². The van der Waals surface area contributed by atoms with E-state index in [4.69, 9.17) is 38.8 Å². The minimum Gasteiger partial charge on any atom is -0.490 e. The number of nitrogens with two attached hydrogens (primary N) is 1. The van der Waals surface area contributed by atoms with E-state index in [9.17, 15) is 0 Å². The summed E-state index contributed by atoms with van der Waals surface area (Å²) >= 11 is 11.6. The Morgan fingerprint density at radius 3 is 2.62 bits per heavy atom. The average Bonchev–Trinajstić information content (AvgIpc) is 2.13. The third-order valence-electron chi connectivity index (χ3n) is 1.43. The molecule has 3 nitrogen and oxygen atoms in total. The second kappa shape index (κ2) is 4.56. The van der Waals surface area contributed by atoms with Crippen LogP contribution in [0.4, 0.5) is 5.69 Å². The van der Waals surface area contributed by atoms with Crippen molar-refractivity contribution in [2.45, 2.75) is 0 Å². The lowest BCUT2D eigenvalue weighted by molar-refractivity contribution is 0.201. The lowest BCUT2D eigenvalue weighted by Crippen LogP contribution is -2.02. The average molecular weight is 222 g/mol. The number of rotatable bonds is 3. The quantitative estimate of drug-likeness (QED) is 0.768. The monoisotopic (exact) mass is 221 g/mol. The molecule has 1 aromatic rings. The molecular weight excluding hydrogens is 213 g/mol. The summed E-state index contributed by atoms with van der Waals surface area (Å²) in [6.07, 6.45) is 0. The third kappa shape index (κ3) is 2.40. The van der Waals surface area contributed by atoms with Gasteiger partial charge in [-0.2, -0.15) is 0 Å². The molecule has 0 aliphatic heterocycles. The molecule has 13 heavy (non-hydrogen) atoms. The first-order valence-electron chi connectivity index (χ1n) is 3.64. The summed E-state index contributed by atoms with van der Waals surface area (Å²) in [7, 11) is 0. The molecule has 3 N–H and O–H groups in total. The van der Waals surface area contributed by atoms with Gasteiger partial charge in [0.05, 0.1) is 17.3 Å². The van der Waals surface area contributed by atoms with Crippen molar-refractivity contribution in [2.75, 3.05) is 18.9 Å². The van der Waals surface area contributed by atoms with Crippen LogP contribution in [0.15, 0.2) is 12.1 Å². The van der Waals surface area contributed by atoms with Crippen LogP contribution >= 0.6 is 23.2 Å². The Kier molecular flexibility index (Phi) is 3.66. The molecule has 0 atom stereocenters. The Labute approximate surface area is 86.0 Å². The third-order valence-corrected chi connectivity index (χ3v) is 2.30. The van der Waals surface area contributed by atoms with Crippen molar-refractivity contribution >= 4 is 28.9 Å². The molecule has 72 valence electrons. The number of benzene rings is 1. The Morgan fingerprint density at radius 1 is 1.31 bits per heavy atom. The van der Waals surface area contributed by atoms with Crippen molar-refractivity contribution in [3.8, 4) is 5.75 Å². The largest absolute Gasteiger partial charge is 0.490 e. The van der Waals surface area contributed by atoms with Crippen LogP contribution in [0.25, 0.3) is 0 Å². The summed E-state index contributed by atoms with van der Waals surface area (Å²) in [6.45, 7) is 0.109. The van der Waals surface area contributed by atoms with Crippen molar-refractivity contribution in [3.63, 3.8) is 0 Å². The van der Waals surface area contributed by atoms with Crippen LogP contribution in [0.5, 0.6) is 5.75 Å². The summed E-state index contributed by atoms with van der Waals surface area (Å²) in [5.41, 5.74) is 5.90. The lowest BCUT2D eigenvalue weighted by atomic mass is 10.3. The van der Waals surface area contributed by atoms with Gasteiger partial charge in [-0.15, -0.1) is 0 Å². The highest BCUT2D eigenvalue weighted by atomic mass is 35.5. The first-order valence-corrected chi connectivity index (χ1v) is 4.39. The van der Waals surface area contributed by atoms with E-state index in [-0.39, 0.29) is 23.3 Å². The smallest absolute Gasteiger partial charge is 0.139 e. The van der Waals surface area contributed by atoms with E-state index in [1.165, 1.54) is 0 Å². The molecule has 0 bridgehead atoms. The highest BCUT2D eigenvalue weighted by Gasteiger charge is 2.08. The van der Waals surface area contributed by atoms with E-state index in [0.29, 0.717) is 11.4 Å². The Hall–Kier alpha value is -0.640. The van der Waals surface area contributed by atoms with Gasteiger partial charge in [0.2, 0.25) is 0 Å². The maximum absolute atomic E-state index is 8.52. The SMILES string of the molecule is Nc1ccc(OCCO)c(Cl)c1Cl. The van der Waals surface area contributed by atoms with Crippen LogP contribution in [0, 0.1) is 0 Å². The van der Waals surface area contributed by atoms with Crippen LogP contribution in [0.2, 0.25) is 10.0 Å². The zero-order chi connectivity index (χ0) is 9.84. The number of ether oxygens (including phenoxy) is 1. The molecule has 0 unspecified atom stereocenters. The number of halogens is 2. The van der Waals surface area contributed by atoms with Crippen molar-refractivity contribution in [2.24, 2.45) is 0 Å². The molecular formula is C8H9Cl2NO2. The number of aliphatic hydroxyl groups excluding tert-OH is 1. The zero-order valence-electron chi connectivity index (χ0n) is 6.76. The molecule has 5 heteroatoms. The Bertz CT molecular complexity index is 304. The summed E-state index contributed by atoms with van der Waals surface area (Å²) in [5.74, 6) is 0.426. The van der Waals surface area contributed by atoms with Gasteiger partial charge in [-0.05, 0) is 12.1 Å². The molecule has 0 radical (unpaired) electrons. The minimum absolute atomic E-state index is 0.0711. The zero-order valence-corrected chi connectivity index (χ0v) is 8.27. The second-order valence-electron chi connectivity index (χ2n) is 2.35. The minimum atomic E-state index is -0.0711. The van der Waals surface area contributed by atoms with Gasteiger partial charge in [0.25, 0.3) is 0 Å². The van der Waals surface area contributed by atoms with E-state index in [2.05, 4.69) is 0 Å². The van der Waals surface area contributed by atoms with Gasteiger partial charge in [-0.1, -0.05) is 23.2 Å². The molecule has 1 aromatic carbocycles. The molecule has 0 aliphatic carbocycles. The van der Waals surface area contributed by atoms with Gasteiger partial charge >= 0.3 is 0 Å². The first-order chi connectivity index (χ1) is 6.16. The number of hydrogen-bond acceptors (Lipinski definition) is 3. The Balaban J connectivity index is 2.90. The number of hydrogen-bond donors (Lipinski definition) is 2. The fraction of sp³-hybridized carbons (Fsp3) is 0.250. The molecule has 1 rings (SSSR count). The maximum Gasteiger partial charge on any atom is 0.139 e. The van der Waals surface area contributed by atoms with E-state index in [1.807, 2.05) is 0 Å². The van der Waals surface area contributed by atoms with E-state index >= 15 is 0 Å². The highest BCUT2D eigenvalue weighted by molar-refractivity contribution is 6.44. The molecule has 0 heterocycles. The summed E-state index contributed by atoms with van der Waals surface area (Å²) in [6, 6.07) is 3.21. The van der Waals surface area contributed by atoms with Gasteiger partial charge in [-0.3, -0.25) is 0 Å². The second-order valence-corrected chi connectivity index (χ2v) is 3.11. The summed E-state index contributed by atoms with van der Waals surface area (Å²) in [4.78, 5) is 0. The summed E-state index contributed by atoms with van der Waals surface area (Å²) in [5, 5.41) is 9.06. The van der Waals surface area contributed by atoms with Crippen molar-refractivity contribution in [1.82, 2.24) is 0 Å². The molecule has 0 amide bonds. The normalized spacial score (nSPS) is 10.1. The molecule has 0 spiro atoms.